The van der Waals surface area contributed by atoms with Crippen molar-refractivity contribution in [2.75, 3.05) is 13.7 Å². The maximum atomic E-state index is 11.1. The van der Waals surface area contributed by atoms with Gasteiger partial charge in [0.15, 0.2) is 0 Å². The van der Waals surface area contributed by atoms with Gasteiger partial charge >= 0.3 is 7.62 Å². The van der Waals surface area contributed by atoms with Gasteiger partial charge in [0.2, 0.25) is 0 Å². The minimum absolute atomic E-state index is 0.0341. The molecule has 0 amide bonds. The Morgan fingerprint density at radius 2 is 2.18 bits per heavy atom. The van der Waals surface area contributed by atoms with E-state index < -0.39 is 6.04 Å². The number of ketones is 1. The lowest BCUT2D eigenvalue weighted by Crippen LogP contribution is -2.40. The fourth-order valence-electron chi connectivity index (χ4n) is 1.16. The lowest BCUT2D eigenvalue weighted by Gasteiger charge is -2.21. The third-order valence-electron chi connectivity index (χ3n) is 2.09. The van der Waals surface area contributed by atoms with Gasteiger partial charge < -0.3 is 10.4 Å². The summed E-state index contributed by atoms with van der Waals surface area (Å²) in [6.45, 7) is 1.91. The molecule has 91 valence electrons. The first-order chi connectivity index (χ1) is 8.13. The molecule has 6 heteroatoms. The number of Topliss-reactive ketones (excluding diaryl/α,β-unsaturated/α-hetero) is 1. The standard InChI is InChI=1S/C11H16BN2O2S/c1-9(15)11(13)8-14(12-16-2)17-10-6-4-3-5-7-10/h3-7,11H,8,13H2,1-2H3/t11-/m0/s1. The fourth-order valence-corrected chi connectivity index (χ4v) is 2.07. The second-order valence-corrected chi connectivity index (χ2v) is 4.69. The van der Waals surface area contributed by atoms with E-state index in [2.05, 4.69) is 0 Å². The smallest absolute Gasteiger partial charge is 0.409 e. The number of hydrogen-bond donors (Lipinski definition) is 1. The SMILES string of the molecule is CO[B]N(C[C@H](N)C(C)=O)Sc1ccccc1. The van der Waals surface area contributed by atoms with Crippen molar-refractivity contribution in [2.45, 2.75) is 17.9 Å². The van der Waals surface area contributed by atoms with Crippen LogP contribution in [0.25, 0.3) is 0 Å². The summed E-state index contributed by atoms with van der Waals surface area (Å²) in [5, 5.41) is 0. The van der Waals surface area contributed by atoms with E-state index in [9.17, 15) is 4.79 Å². The van der Waals surface area contributed by atoms with Gasteiger partial charge in [-0.15, -0.1) is 0 Å². The van der Waals surface area contributed by atoms with Crippen LogP contribution in [0.15, 0.2) is 35.2 Å². The summed E-state index contributed by atoms with van der Waals surface area (Å²) in [7, 11) is 3.12. The predicted octanol–water partition coefficient (Wildman–Crippen LogP) is 1.09. The predicted molar refractivity (Wildman–Crippen MR) is 70.4 cm³/mol. The van der Waals surface area contributed by atoms with Crippen molar-refractivity contribution in [3.05, 3.63) is 30.3 Å². The molecule has 2 N–H and O–H groups in total. The van der Waals surface area contributed by atoms with Gasteiger partial charge in [0.1, 0.15) is 5.78 Å². The first-order valence-corrected chi connectivity index (χ1v) is 6.02. The largest absolute Gasteiger partial charge is 0.426 e. The Kier molecular flexibility index (Phi) is 6.28. The number of carbonyl (C=O) groups excluding carboxylic acids is 1. The third-order valence-corrected chi connectivity index (χ3v) is 3.04. The molecule has 1 rings (SSSR count). The average molecular weight is 251 g/mol. The summed E-state index contributed by atoms with van der Waals surface area (Å²) >= 11 is 1.48. The number of hydrogen-bond acceptors (Lipinski definition) is 5. The molecule has 17 heavy (non-hydrogen) atoms. The van der Waals surface area contributed by atoms with Crippen molar-refractivity contribution in [2.24, 2.45) is 5.73 Å². The highest BCUT2D eigenvalue weighted by Gasteiger charge is 2.16. The van der Waals surface area contributed by atoms with E-state index in [1.807, 2.05) is 30.3 Å². The molecule has 0 bridgehead atoms. The van der Waals surface area contributed by atoms with E-state index in [-0.39, 0.29) is 5.78 Å². The summed E-state index contributed by atoms with van der Waals surface area (Å²) in [6, 6.07) is 9.34. The van der Waals surface area contributed by atoms with Crippen molar-refractivity contribution in [3.63, 3.8) is 0 Å². The molecule has 0 aromatic heterocycles. The second kappa shape index (κ2) is 7.50. The monoisotopic (exact) mass is 251 g/mol. The molecule has 1 aromatic carbocycles. The maximum absolute atomic E-state index is 11.1. The zero-order valence-electron chi connectivity index (χ0n) is 10.00. The van der Waals surface area contributed by atoms with Crippen molar-refractivity contribution < 1.29 is 9.45 Å². The second-order valence-electron chi connectivity index (χ2n) is 3.56. The van der Waals surface area contributed by atoms with Crippen molar-refractivity contribution in [1.29, 1.82) is 0 Å². The van der Waals surface area contributed by atoms with E-state index in [0.717, 1.165) is 4.90 Å². The van der Waals surface area contributed by atoms with Gasteiger partial charge in [0.05, 0.1) is 6.04 Å². The minimum atomic E-state index is -0.502. The van der Waals surface area contributed by atoms with Crippen LogP contribution in [0.1, 0.15) is 6.92 Å². The summed E-state index contributed by atoms with van der Waals surface area (Å²) in [5.74, 6) is -0.0341. The molecule has 0 fully saturated rings. The van der Waals surface area contributed by atoms with Crippen molar-refractivity contribution >= 4 is 25.3 Å². The van der Waals surface area contributed by atoms with E-state index in [1.165, 1.54) is 18.9 Å². The quantitative estimate of drug-likeness (QED) is 0.580. The van der Waals surface area contributed by atoms with Crippen LogP contribution in [-0.2, 0) is 9.45 Å². The number of benzene rings is 1. The zero-order valence-corrected chi connectivity index (χ0v) is 10.8. The summed E-state index contributed by atoms with van der Waals surface area (Å²) in [6.07, 6.45) is 0. The lowest BCUT2D eigenvalue weighted by atomic mass is 10.2. The Balaban J connectivity index is 2.57. The van der Waals surface area contributed by atoms with Gasteiger partial charge in [0, 0.05) is 18.6 Å². The van der Waals surface area contributed by atoms with Crippen LogP contribution in [0.4, 0.5) is 0 Å². The normalized spacial score (nSPS) is 12.5. The summed E-state index contributed by atoms with van der Waals surface area (Å²) in [5.41, 5.74) is 5.72. The van der Waals surface area contributed by atoms with Crippen LogP contribution in [0.2, 0.25) is 0 Å². The van der Waals surface area contributed by atoms with E-state index in [0.29, 0.717) is 6.54 Å². The molecular weight excluding hydrogens is 235 g/mol. The summed E-state index contributed by atoms with van der Waals surface area (Å²) in [4.78, 5) is 12.2. The molecule has 1 aromatic rings. The lowest BCUT2D eigenvalue weighted by molar-refractivity contribution is -0.118. The Morgan fingerprint density at radius 1 is 1.53 bits per heavy atom. The number of carbonyl (C=O) groups is 1. The van der Waals surface area contributed by atoms with E-state index >= 15 is 0 Å². The maximum Gasteiger partial charge on any atom is 0.409 e. The van der Waals surface area contributed by atoms with Crippen LogP contribution in [0.5, 0.6) is 0 Å². The van der Waals surface area contributed by atoms with Crippen molar-refractivity contribution in [3.8, 4) is 0 Å². The van der Waals surface area contributed by atoms with Gasteiger partial charge in [0.25, 0.3) is 0 Å². The van der Waals surface area contributed by atoms with E-state index in [4.69, 9.17) is 10.4 Å². The highest BCUT2D eigenvalue weighted by molar-refractivity contribution is 7.97. The molecule has 0 aliphatic heterocycles. The van der Waals surface area contributed by atoms with Gasteiger partial charge in [-0.05, 0) is 19.1 Å². The molecule has 0 aliphatic rings. The molecule has 0 unspecified atom stereocenters. The topological polar surface area (TPSA) is 55.6 Å². The molecule has 0 spiro atoms. The van der Waals surface area contributed by atoms with Crippen LogP contribution in [0.3, 0.4) is 0 Å². The fraction of sp³-hybridized carbons (Fsp3) is 0.364. The van der Waals surface area contributed by atoms with E-state index in [1.54, 1.807) is 18.9 Å². The van der Waals surface area contributed by atoms with Gasteiger partial charge in [-0.3, -0.25) is 9.01 Å². The number of nitrogens with zero attached hydrogens (tertiary/aromatic N) is 1. The van der Waals surface area contributed by atoms with Crippen LogP contribution < -0.4 is 5.73 Å². The Morgan fingerprint density at radius 3 is 2.71 bits per heavy atom. The highest BCUT2D eigenvalue weighted by atomic mass is 32.2. The molecule has 0 aliphatic carbocycles. The molecular formula is C11H16BN2O2S. The van der Waals surface area contributed by atoms with Gasteiger partial charge in [-0.1, -0.05) is 30.1 Å². The minimum Gasteiger partial charge on any atom is -0.426 e. The number of nitrogens with two attached hydrogens (primary N) is 1. The highest BCUT2D eigenvalue weighted by Crippen LogP contribution is 2.21. The Labute approximate surface area is 107 Å². The Bertz CT molecular complexity index is 351. The van der Waals surface area contributed by atoms with Gasteiger partial charge in [-0.25, -0.2) is 0 Å². The first kappa shape index (κ1) is 14.2. The van der Waals surface area contributed by atoms with Crippen LogP contribution in [0, 0.1) is 0 Å². The summed E-state index contributed by atoms with van der Waals surface area (Å²) < 4.78 is 6.78. The van der Waals surface area contributed by atoms with Crippen LogP contribution >= 0.6 is 11.9 Å². The van der Waals surface area contributed by atoms with Gasteiger partial charge in [-0.2, -0.15) is 0 Å². The molecule has 1 radical (unpaired) electrons. The zero-order chi connectivity index (χ0) is 12.7. The molecule has 0 saturated heterocycles. The number of rotatable bonds is 7. The average Bonchev–Trinajstić information content (AvgIpc) is 2.30. The van der Waals surface area contributed by atoms with Crippen molar-refractivity contribution in [1.82, 2.24) is 4.22 Å². The first-order valence-electron chi connectivity index (χ1n) is 5.25. The molecule has 0 saturated carbocycles. The molecule has 1 atom stereocenters. The molecule has 0 heterocycles. The molecule has 4 nitrogen and oxygen atoms in total. The Hall–Kier alpha value is -0.815. The third kappa shape index (κ3) is 5.36. The van der Waals surface area contributed by atoms with Crippen LogP contribution in [-0.4, -0.2) is 37.3 Å².